The minimum absolute atomic E-state index is 0.0540. The van der Waals surface area contributed by atoms with E-state index in [1.807, 2.05) is 12.1 Å². The second-order valence-corrected chi connectivity index (χ2v) is 7.65. The maximum atomic E-state index is 12.4. The quantitative estimate of drug-likeness (QED) is 0.830. The van der Waals surface area contributed by atoms with Gasteiger partial charge in [0.05, 0.1) is 18.3 Å². The molecule has 4 rings (SSSR count). The lowest BCUT2D eigenvalue weighted by Gasteiger charge is -2.32. The van der Waals surface area contributed by atoms with Gasteiger partial charge in [0.25, 0.3) is 5.56 Å². The molecule has 0 radical (unpaired) electrons. The summed E-state index contributed by atoms with van der Waals surface area (Å²) < 4.78 is 6.94. The van der Waals surface area contributed by atoms with Gasteiger partial charge in [0.15, 0.2) is 0 Å². The molecule has 1 unspecified atom stereocenters. The predicted octanol–water partition coefficient (Wildman–Crippen LogP) is 1.53. The Balaban J connectivity index is 1.38. The largest absolute Gasteiger partial charge is 0.386 e. The summed E-state index contributed by atoms with van der Waals surface area (Å²) in [7, 11) is 0. The summed E-state index contributed by atoms with van der Waals surface area (Å²) in [4.78, 5) is 16.4. The number of rotatable bonds is 5. The van der Waals surface area contributed by atoms with Gasteiger partial charge in [-0.05, 0) is 43.9 Å². The van der Waals surface area contributed by atoms with Crippen LogP contribution in [0.15, 0.2) is 41.5 Å². The molecule has 2 fully saturated rings. The van der Waals surface area contributed by atoms with E-state index in [1.165, 1.54) is 0 Å². The fourth-order valence-corrected chi connectivity index (χ4v) is 3.96. The SMILES string of the molecule is O=c1ccc(-c2ccncc2)nn1C1CCC(NCC2(O)CCOC2)CC1. The van der Waals surface area contributed by atoms with Crippen molar-refractivity contribution in [2.75, 3.05) is 19.8 Å². The molecule has 1 atom stereocenters. The van der Waals surface area contributed by atoms with Crippen LogP contribution in [0.25, 0.3) is 11.3 Å². The fourth-order valence-electron chi connectivity index (χ4n) is 3.96. The molecule has 1 aliphatic heterocycles. The third-order valence-electron chi connectivity index (χ3n) is 5.65. The number of nitrogens with one attached hydrogen (secondary N) is 1. The molecule has 7 heteroatoms. The Kier molecular flexibility index (Phi) is 5.33. The zero-order chi connectivity index (χ0) is 18.7. The molecule has 1 aliphatic carbocycles. The third-order valence-corrected chi connectivity index (χ3v) is 5.65. The highest BCUT2D eigenvalue weighted by atomic mass is 16.5. The molecule has 2 N–H and O–H groups in total. The summed E-state index contributed by atoms with van der Waals surface area (Å²) in [6.45, 7) is 1.61. The number of pyridine rings is 1. The van der Waals surface area contributed by atoms with E-state index in [2.05, 4.69) is 15.4 Å². The van der Waals surface area contributed by atoms with Crippen molar-refractivity contribution in [3.8, 4) is 11.3 Å². The lowest BCUT2D eigenvalue weighted by Crippen LogP contribution is -2.46. The van der Waals surface area contributed by atoms with Gasteiger partial charge in [-0.15, -0.1) is 0 Å². The molecule has 0 bridgehead atoms. The van der Waals surface area contributed by atoms with E-state index in [-0.39, 0.29) is 11.6 Å². The highest BCUT2D eigenvalue weighted by molar-refractivity contribution is 5.57. The van der Waals surface area contributed by atoms with Crippen LogP contribution in [-0.2, 0) is 4.74 Å². The summed E-state index contributed by atoms with van der Waals surface area (Å²) in [5, 5.41) is 18.5. The van der Waals surface area contributed by atoms with Crippen LogP contribution in [0, 0.1) is 0 Å². The second kappa shape index (κ2) is 7.88. The van der Waals surface area contributed by atoms with Crippen molar-refractivity contribution in [3.63, 3.8) is 0 Å². The van der Waals surface area contributed by atoms with Gasteiger partial charge in [0, 0.05) is 49.6 Å². The van der Waals surface area contributed by atoms with E-state index in [9.17, 15) is 9.90 Å². The van der Waals surface area contributed by atoms with Crippen LogP contribution < -0.4 is 10.9 Å². The average molecular weight is 370 g/mol. The van der Waals surface area contributed by atoms with E-state index in [1.54, 1.807) is 29.2 Å². The normalized spacial score (nSPS) is 28.3. The van der Waals surface area contributed by atoms with Crippen LogP contribution in [0.4, 0.5) is 0 Å². The Morgan fingerprint density at radius 1 is 1.19 bits per heavy atom. The zero-order valence-corrected chi connectivity index (χ0v) is 15.4. The number of ether oxygens (including phenoxy) is 1. The molecular formula is C20H26N4O3. The predicted molar refractivity (Wildman–Crippen MR) is 101 cm³/mol. The van der Waals surface area contributed by atoms with Crippen molar-refractivity contribution in [2.45, 2.75) is 49.8 Å². The van der Waals surface area contributed by atoms with Crippen molar-refractivity contribution < 1.29 is 9.84 Å². The maximum absolute atomic E-state index is 12.4. The molecule has 1 saturated heterocycles. The summed E-state index contributed by atoms with van der Waals surface area (Å²) in [6, 6.07) is 7.65. The highest BCUT2D eigenvalue weighted by Gasteiger charge is 2.33. The standard InChI is InChI=1S/C20H26N4O3/c25-19-6-5-18(15-7-10-21-11-8-15)23-24(19)17-3-1-16(2-4-17)22-13-20(26)9-12-27-14-20/h5-8,10-11,16-17,22,26H,1-4,9,12-14H2. The number of aromatic nitrogens is 3. The summed E-state index contributed by atoms with van der Waals surface area (Å²) >= 11 is 0. The van der Waals surface area contributed by atoms with Gasteiger partial charge in [-0.25, -0.2) is 4.68 Å². The minimum Gasteiger partial charge on any atom is -0.386 e. The molecule has 2 aliphatic rings. The first-order valence-corrected chi connectivity index (χ1v) is 9.67. The van der Waals surface area contributed by atoms with Gasteiger partial charge in [0.2, 0.25) is 0 Å². The third kappa shape index (κ3) is 4.26. The average Bonchev–Trinajstić information content (AvgIpc) is 3.15. The van der Waals surface area contributed by atoms with Crippen molar-refractivity contribution in [3.05, 3.63) is 47.0 Å². The molecule has 2 aromatic rings. The Bertz CT molecular complexity index is 809. The maximum Gasteiger partial charge on any atom is 0.267 e. The number of hydrogen-bond donors (Lipinski definition) is 2. The molecule has 0 aromatic carbocycles. The summed E-state index contributed by atoms with van der Waals surface area (Å²) in [5.41, 5.74) is 0.970. The van der Waals surface area contributed by atoms with Crippen LogP contribution in [0.2, 0.25) is 0 Å². The van der Waals surface area contributed by atoms with Crippen LogP contribution in [0.1, 0.15) is 38.1 Å². The Morgan fingerprint density at radius 3 is 2.67 bits per heavy atom. The van der Waals surface area contributed by atoms with Gasteiger partial charge in [-0.2, -0.15) is 5.10 Å². The van der Waals surface area contributed by atoms with E-state index in [0.29, 0.717) is 32.2 Å². The van der Waals surface area contributed by atoms with Crippen LogP contribution in [-0.4, -0.2) is 51.3 Å². The van der Waals surface area contributed by atoms with Gasteiger partial charge >= 0.3 is 0 Å². The first-order chi connectivity index (χ1) is 13.1. The molecule has 0 amide bonds. The summed E-state index contributed by atoms with van der Waals surface area (Å²) in [6.07, 6.45) is 7.89. The van der Waals surface area contributed by atoms with E-state index < -0.39 is 5.60 Å². The lowest BCUT2D eigenvalue weighted by atomic mass is 9.90. The molecule has 1 saturated carbocycles. The molecule has 27 heavy (non-hydrogen) atoms. The Hall–Kier alpha value is -2.09. The summed E-state index contributed by atoms with van der Waals surface area (Å²) in [5.74, 6) is 0. The van der Waals surface area contributed by atoms with Crippen molar-refractivity contribution in [1.29, 1.82) is 0 Å². The molecule has 0 spiro atoms. The minimum atomic E-state index is -0.728. The topological polar surface area (TPSA) is 89.3 Å². The number of nitrogens with zero attached hydrogens (tertiary/aromatic N) is 3. The molecule has 3 heterocycles. The molecule has 7 nitrogen and oxygen atoms in total. The first-order valence-electron chi connectivity index (χ1n) is 9.67. The molecule has 2 aromatic heterocycles. The van der Waals surface area contributed by atoms with Gasteiger partial charge in [-0.3, -0.25) is 9.78 Å². The lowest BCUT2D eigenvalue weighted by molar-refractivity contribution is 0.0232. The monoisotopic (exact) mass is 370 g/mol. The first kappa shape index (κ1) is 18.3. The van der Waals surface area contributed by atoms with E-state index >= 15 is 0 Å². The molecule has 144 valence electrons. The van der Waals surface area contributed by atoms with Crippen molar-refractivity contribution >= 4 is 0 Å². The van der Waals surface area contributed by atoms with Gasteiger partial charge < -0.3 is 15.2 Å². The number of hydrogen-bond acceptors (Lipinski definition) is 6. The van der Waals surface area contributed by atoms with Gasteiger partial charge in [-0.1, -0.05) is 0 Å². The Labute approximate surface area is 158 Å². The Morgan fingerprint density at radius 2 is 1.96 bits per heavy atom. The van der Waals surface area contributed by atoms with E-state index in [0.717, 1.165) is 36.9 Å². The smallest absolute Gasteiger partial charge is 0.267 e. The van der Waals surface area contributed by atoms with E-state index in [4.69, 9.17) is 4.74 Å². The van der Waals surface area contributed by atoms with Crippen LogP contribution in [0.3, 0.4) is 0 Å². The fraction of sp³-hybridized carbons (Fsp3) is 0.550. The van der Waals surface area contributed by atoms with Crippen LogP contribution in [0.5, 0.6) is 0 Å². The molecular weight excluding hydrogens is 344 g/mol. The van der Waals surface area contributed by atoms with Gasteiger partial charge in [0.1, 0.15) is 5.60 Å². The van der Waals surface area contributed by atoms with Crippen molar-refractivity contribution in [2.24, 2.45) is 0 Å². The van der Waals surface area contributed by atoms with Crippen molar-refractivity contribution in [1.82, 2.24) is 20.1 Å². The highest BCUT2D eigenvalue weighted by Crippen LogP contribution is 2.28. The van der Waals surface area contributed by atoms with Crippen LogP contribution >= 0.6 is 0 Å². The zero-order valence-electron chi connectivity index (χ0n) is 15.4. The number of aliphatic hydroxyl groups is 1. The second-order valence-electron chi connectivity index (χ2n) is 7.65.